The highest BCUT2D eigenvalue weighted by Crippen LogP contribution is 2.31. The monoisotopic (exact) mass is 278 g/mol. The first-order chi connectivity index (χ1) is 9.11. The number of pyridine rings is 1. The summed E-state index contributed by atoms with van der Waals surface area (Å²) >= 11 is 5.90. The summed E-state index contributed by atoms with van der Waals surface area (Å²) in [6.45, 7) is 0. The van der Waals surface area contributed by atoms with Gasteiger partial charge in [0.05, 0.1) is 5.02 Å². The second kappa shape index (κ2) is 4.70. The number of anilines is 1. The quantitative estimate of drug-likeness (QED) is 0.919. The fourth-order valence-electron chi connectivity index (χ4n) is 2.30. The molecule has 3 rings (SSSR count). The van der Waals surface area contributed by atoms with Gasteiger partial charge in [-0.25, -0.2) is 9.37 Å². The Labute approximate surface area is 115 Å². The predicted octanol–water partition coefficient (Wildman–Crippen LogP) is 3.00. The zero-order chi connectivity index (χ0) is 13.4. The zero-order valence-electron chi connectivity index (χ0n) is 10.1. The highest BCUT2D eigenvalue weighted by Gasteiger charge is 2.24. The molecule has 1 unspecified atom stereocenters. The molecule has 2 heterocycles. The minimum absolute atomic E-state index is 0.0561. The van der Waals surface area contributed by atoms with E-state index in [4.69, 9.17) is 22.1 Å². The topological polar surface area (TPSA) is 48.1 Å². The number of nitrogens with two attached hydrogens (primary N) is 1. The first-order valence-electron chi connectivity index (χ1n) is 5.97. The van der Waals surface area contributed by atoms with Crippen LogP contribution in [-0.2, 0) is 12.8 Å². The second-order valence-electron chi connectivity index (χ2n) is 4.60. The molecule has 0 saturated heterocycles. The van der Waals surface area contributed by atoms with Crippen LogP contribution in [0.1, 0.15) is 11.1 Å². The molecule has 0 aliphatic carbocycles. The van der Waals surface area contributed by atoms with Crippen LogP contribution in [0, 0.1) is 5.82 Å². The Balaban J connectivity index is 1.78. The summed E-state index contributed by atoms with van der Waals surface area (Å²) in [5.41, 5.74) is 7.55. The lowest BCUT2D eigenvalue weighted by molar-refractivity contribution is 0.233. The molecule has 3 nitrogen and oxygen atoms in total. The van der Waals surface area contributed by atoms with Gasteiger partial charge in [-0.3, -0.25) is 0 Å². The van der Waals surface area contributed by atoms with Crippen molar-refractivity contribution in [1.82, 2.24) is 4.98 Å². The second-order valence-corrected chi connectivity index (χ2v) is 5.03. The Kier molecular flexibility index (Phi) is 3.03. The lowest BCUT2D eigenvalue weighted by Crippen LogP contribution is -2.17. The average molecular weight is 279 g/mol. The number of benzene rings is 1. The Morgan fingerprint density at radius 1 is 1.42 bits per heavy atom. The zero-order valence-corrected chi connectivity index (χ0v) is 10.8. The van der Waals surface area contributed by atoms with Gasteiger partial charge in [0.1, 0.15) is 23.5 Å². The van der Waals surface area contributed by atoms with E-state index >= 15 is 0 Å². The van der Waals surface area contributed by atoms with Crippen LogP contribution in [0.3, 0.4) is 0 Å². The van der Waals surface area contributed by atoms with E-state index in [0.717, 1.165) is 16.9 Å². The summed E-state index contributed by atoms with van der Waals surface area (Å²) in [4.78, 5) is 4.01. The van der Waals surface area contributed by atoms with Crippen molar-refractivity contribution in [1.29, 1.82) is 0 Å². The van der Waals surface area contributed by atoms with Crippen molar-refractivity contribution in [2.24, 2.45) is 0 Å². The van der Waals surface area contributed by atoms with E-state index in [1.54, 1.807) is 12.1 Å². The molecule has 0 saturated carbocycles. The third-order valence-electron chi connectivity index (χ3n) is 3.18. The Morgan fingerprint density at radius 3 is 3.11 bits per heavy atom. The molecule has 98 valence electrons. The minimum Gasteiger partial charge on any atom is -0.489 e. The van der Waals surface area contributed by atoms with Gasteiger partial charge < -0.3 is 10.5 Å². The van der Waals surface area contributed by atoms with Crippen LogP contribution in [0.25, 0.3) is 0 Å². The molecule has 0 fully saturated rings. The maximum Gasteiger partial charge on any atom is 0.126 e. The standard InChI is InChI=1S/C14H12ClFN2O/c15-10-3-9(14(17)18-7-10)6-12-5-8-4-11(16)1-2-13(8)19-12/h1-4,7,12H,5-6H2,(H2,17,18). The van der Waals surface area contributed by atoms with E-state index < -0.39 is 0 Å². The number of aromatic nitrogens is 1. The van der Waals surface area contributed by atoms with Gasteiger partial charge in [0, 0.05) is 24.6 Å². The Morgan fingerprint density at radius 2 is 2.26 bits per heavy atom. The maximum absolute atomic E-state index is 13.1. The lowest BCUT2D eigenvalue weighted by atomic mass is 10.0. The molecule has 0 radical (unpaired) electrons. The van der Waals surface area contributed by atoms with E-state index in [1.807, 2.05) is 0 Å². The van der Waals surface area contributed by atoms with Crippen molar-refractivity contribution in [2.75, 3.05) is 5.73 Å². The van der Waals surface area contributed by atoms with Crippen LogP contribution < -0.4 is 10.5 Å². The molecular formula is C14H12ClFN2O. The Hall–Kier alpha value is -1.81. The Bertz CT molecular complexity index is 633. The highest BCUT2D eigenvalue weighted by molar-refractivity contribution is 6.30. The molecular weight excluding hydrogens is 267 g/mol. The summed E-state index contributed by atoms with van der Waals surface area (Å²) in [7, 11) is 0. The normalized spacial score (nSPS) is 17.1. The van der Waals surface area contributed by atoms with Crippen molar-refractivity contribution < 1.29 is 9.13 Å². The molecule has 0 amide bonds. The highest BCUT2D eigenvalue weighted by atomic mass is 35.5. The van der Waals surface area contributed by atoms with Crippen molar-refractivity contribution in [2.45, 2.75) is 18.9 Å². The van der Waals surface area contributed by atoms with Gasteiger partial charge in [-0.05, 0) is 29.8 Å². The van der Waals surface area contributed by atoms with Crippen LogP contribution in [-0.4, -0.2) is 11.1 Å². The molecule has 5 heteroatoms. The number of nitrogens with zero attached hydrogens (tertiary/aromatic N) is 1. The van der Waals surface area contributed by atoms with Gasteiger partial charge in [0.2, 0.25) is 0 Å². The van der Waals surface area contributed by atoms with E-state index in [-0.39, 0.29) is 11.9 Å². The summed E-state index contributed by atoms with van der Waals surface area (Å²) in [5, 5.41) is 0.547. The number of nitrogen functional groups attached to an aromatic ring is 1. The molecule has 2 N–H and O–H groups in total. The van der Waals surface area contributed by atoms with Crippen molar-refractivity contribution in [3.05, 3.63) is 52.4 Å². The first kappa shape index (κ1) is 12.2. The largest absolute Gasteiger partial charge is 0.489 e. The summed E-state index contributed by atoms with van der Waals surface area (Å²) < 4.78 is 18.9. The average Bonchev–Trinajstić information content (AvgIpc) is 2.75. The molecule has 1 aliphatic rings. The molecule has 1 aliphatic heterocycles. The van der Waals surface area contributed by atoms with Crippen LogP contribution in [0.4, 0.5) is 10.2 Å². The van der Waals surface area contributed by atoms with E-state index in [1.165, 1.54) is 18.3 Å². The fraction of sp³-hybridized carbons (Fsp3) is 0.214. The van der Waals surface area contributed by atoms with Gasteiger partial charge in [0.15, 0.2) is 0 Å². The molecule has 0 spiro atoms. The van der Waals surface area contributed by atoms with E-state index in [0.29, 0.717) is 23.7 Å². The SMILES string of the molecule is Nc1ncc(Cl)cc1CC1Cc2cc(F)ccc2O1. The number of hydrogen-bond donors (Lipinski definition) is 1. The summed E-state index contributed by atoms with van der Waals surface area (Å²) in [6, 6.07) is 6.35. The molecule has 0 bridgehead atoms. The van der Waals surface area contributed by atoms with Crippen molar-refractivity contribution >= 4 is 17.4 Å². The van der Waals surface area contributed by atoms with Gasteiger partial charge >= 0.3 is 0 Å². The van der Waals surface area contributed by atoms with Crippen molar-refractivity contribution in [3.63, 3.8) is 0 Å². The third-order valence-corrected chi connectivity index (χ3v) is 3.39. The van der Waals surface area contributed by atoms with Gasteiger partial charge in [-0.2, -0.15) is 0 Å². The number of hydrogen-bond acceptors (Lipinski definition) is 3. The number of ether oxygens (including phenoxy) is 1. The maximum atomic E-state index is 13.1. The molecule has 2 aromatic rings. The number of fused-ring (bicyclic) bond motifs is 1. The van der Waals surface area contributed by atoms with Crippen LogP contribution >= 0.6 is 11.6 Å². The van der Waals surface area contributed by atoms with Gasteiger partial charge in [-0.1, -0.05) is 11.6 Å². The minimum atomic E-state index is -0.244. The predicted molar refractivity (Wildman–Crippen MR) is 71.9 cm³/mol. The van der Waals surface area contributed by atoms with Crippen LogP contribution in [0.15, 0.2) is 30.5 Å². The van der Waals surface area contributed by atoms with Crippen LogP contribution in [0.5, 0.6) is 5.75 Å². The smallest absolute Gasteiger partial charge is 0.126 e. The third kappa shape index (κ3) is 2.49. The van der Waals surface area contributed by atoms with E-state index in [2.05, 4.69) is 4.98 Å². The van der Waals surface area contributed by atoms with E-state index in [9.17, 15) is 4.39 Å². The van der Waals surface area contributed by atoms with Gasteiger partial charge in [-0.15, -0.1) is 0 Å². The molecule has 19 heavy (non-hydrogen) atoms. The number of halogens is 2. The van der Waals surface area contributed by atoms with Crippen LogP contribution in [0.2, 0.25) is 5.02 Å². The summed E-state index contributed by atoms with van der Waals surface area (Å²) in [5.74, 6) is 0.946. The molecule has 1 atom stereocenters. The lowest BCUT2D eigenvalue weighted by Gasteiger charge is -2.12. The van der Waals surface area contributed by atoms with Gasteiger partial charge in [0.25, 0.3) is 0 Å². The molecule has 1 aromatic carbocycles. The van der Waals surface area contributed by atoms with Crippen molar-refractivity contribution in [3.8, 4) is 5.75 Å². The fourth-order valence-corrected chi connectivity index (χ4v) is 2.48. The summed E-state index contributed by atoms with van der Waals surface area (Å²) in [6.07, 6.45) is 2.73. The molecule has 1 aromatic heterocycles. The number of rotatable bonds is 2. The first-order valence-corrected chi connectivity index (χ1v) is 6.34.